The molecule has 0 aromatic carbocycles. The average Bonchev–Trinajstić information content (AvgIpc) is 3.31. The molecule has 2 rings (SSSR count). The van der Waals surface area contributed by atoms with Crippen LogP contribution in [0.25, 0.3) is 0 Å². The summed E-state index contributed by atoms with van der Waals surface area (Å²) in [7, 11) is 0. The van der Waals surface area contributed by atoms with Crippen LogP contribution in [0.4, 0.5) is 0 Å². The lowest BCUT2D eigenvalue weighted by Gasteiger charge is -2.42. The molecule has 0 radical (unpaired) electrons. The van der Waals surface area contributed by atoms with Crippen LogP contribution in [-0.2, 0) is 33.2 Å². The summed E-state index contributed by atoms with van der Waals surface area (Å²) in [6, 6.07) is 0. The van der Waals surface area contributed by atoms with Crippen molar-refractivity contribution in [3.63, 3.8) is 0 Å². The first-order valence-electron chi connectivity index (χ1n) is 26.4. The quantitative estimate of drug-likeness (QED) is 0.0175. The Bertz CT molecular complexity index is 1190. The van der Waals surface area contributed by atoms with Crippen LogP contribution in [-0.4, -0.2) is 142 Å². The second-order valence-corrected chi connectivity index (χ2v) is 18.7. The third-order valence-corrected chi connectivity index (χ3v) is 12.7. The predicted molar refractivity (Wildman–Crippen MR) is 257 cm³/mol. The highest BCUT2D eigenvalue weighted by atomic mass is 16.7. The summed E-state index contributed by atoms with van der Waals surface area (Å²) in [5.74, 6) is -0.387. The Morgan fingerprint density at radius 3 is 1.47 bits per heavy atom. The Balaban J connectivity index is 1.77. The Morgan fingerprint density at radius 2 is 0.939 bits per heavy atom. The molecule has 7 N–H and O–H groups in total. The number of rotatable bonds is 42. The topological polar surface area (TPSA) is 214 Å². The zero-order chi connectivity index (χ0) is 48.0. The van der Waals surface area contributed by atoms with Crippen molar-refractivity contribution in [3.05, 3.63) is 24.3 Å². The summed E-state index contributed by atoms with van der Waals surface area (Å²) in [4.78, 5) is 13.0. The van der Waals surface area contributed by atoms with Crippen molar-refractivity contribution in [3.8, 4) is 0 Å². The van der Waals surface area contributed by atoms with Crippen LogP contribution in [0.15, 0.2) is 24.3 Å². The van der Waals surface area contributed by atoms with E-state index >= 15 is 0 Å². The van der Waals surface area contributed by atoms with Crippen molar-refractivity contribution in [2.75, 3.05) is 33.0 Å². The van der Waals surface area contributed by atoms with Crippen LogP contribution < -0.4 is 0 Å². The van der Waals surface area contributed by atoms with Crippen molar-refractivity contribution in [1.29, 1.82) is 0 Å². The molecule has 14 heteroatoms. The number of carbonyl (C=O) groups excluding carboxylic acids is 1. The molecule has 66 heavy (non-hydrogen) atoms. The highest BCUT2D eigenvalue weighted by molar-refractivity contribution is 5.69. The molecule has 2 saturated heterocycles. The fourth-order valence-corrected chi connectivity index (χ4v) is 8.37. The third-order valence-electron chi connectivity index (χ3n) is 12.7. The number of hydrogen-bond donors (Lipinski definition) is 7. The highest BCUT2D eigenvalue weighted by Crippen LogP contribution is 2.26. The fraction of sp³-hybridized carbons (Fsp3) is 0.904. The first-order chi connectivity index (χ1) is 32.1. The van der Waals surface area contributed by atoms with Crippen molar-refractivity contribution in [2.24, 2.45) is 0 Å². The van der Waals surface area contributed by atoms with Gasteiger partial charge in [-0.05, 0) is 44.9 Å². The van der Waals surface area contributed by atoms with E-state index in [4.69, 9.17) is 28.4 Å². The maximum atomic E-state index is 13.0. The monoisotopic (exact) mass is 945 g/mol. The fourth-order valence-electron chi connectivity index (χ4n) is 8.37. The number of aliphatic hydroxyl groups excluding tert-OH is 7. The summed E-state index contributed by atoms with van der Waals surface area (Å²) < 4.78 is 34.3. The molecule has 0 spiro atoms. The standard InChI is InChI=1S/C52H96O14/c1-3-5-7-9-11-13-15-17-19-21-23-25-27-29-31-33-35-44(54)64-41(38-61-36-34-32-30-28-26-24-22-20-18-16-14-12-10-8-6-4-2)39-62-51-50(60)48(58)46(56)43(66-51)40-63-52-49(59)47(57)45(55)42(37-53)65-52/h13,15,19,21,41-43,45-53,55-60H,3-12,14,16-18,20,22-40H2,1-2H3/b15-13-,21-19-. The molecule has 0 saturated carbocycles. The third kappa shape index (κ3) is 27.6. The maximum Gasteiger partial charge on any atom is 0.306 e. The predicted octanol–water partition coefficient (Wildman–Crippen LogP) is 8.02. The number of hydrogen-bond acceptors (Lipinski definition) is 14. The molecular formula is C52H96O14. The zero-order valence-electron chi connectivity index (χ0n) is 41.2. The highest BCUT2D eigenvalue weighted by Gasteiger charge is 2.47. The number of esters is 1. The molecule has 388 valence electrons. The summed E-state index contributed by atoms with van der Waals surface area (Å²) in [5.41, 5.74) is 0. The van der Waals surface area contributed by atoms with E-state index < -0.39 is 80.7 Å². The van der Waals surface area contributed by atoms with Crippen molar-refractivity contribution < 1.29 is 69.0 Å². The van der Waals surface area contributed by atoms with Gasteiger partial charge in [0.1, 0.15) is 54.9 Å². The largest absolute Gasteiger partial charge is 0.457 e. The molecule has 11 unspecified atom stereocenters. The minimum Gasteiger partial charge on any atom is -0.457 e. The summed E-state index contributed by atoms with van der Waals surface area (Å²) in [6.45, 7) is 3.68. The minimum atomic E-state index is -1.71. The number of unbranched alkanes of at least 4 members (excludes halogenated alkanes) is 24. The van der Waals surface area contributed by atoms with Gasteiger partial charge in [0.2, 0.25) is 0 Å². The lowest BCUT2D eigenvalue weighted by Crippen LogP contribution is -2.61. The van der Waals surface area contributed by atoms with Gasteiger partial charge in [-0.15, -0.1) is 0 Å². The Morgan fingerprint density at radius 1 is 0.500 bits per heavy atom. The Hall–Kier alpha value is -1.53. The molecule has 2 aliphatic rings. The first-order valence-corrected chi connectivity index (χ1v) is 26.4. The molecule has 0 aliphatic carbocycles. The second kappa shape index (κ2) is 40.2. The number of aliphatic hydroxyl groups is 7. The zero-order valence-corrected chi connectivity index (χ0v) is 41.2. The van der Waals surface area contributed by atoms with Crippen molar-refractivity contribution in [1.82, 2.24) is 0 Å². The maximum absolute atomic E-state index is 13.0. The molecule has 2 fully saturated rings. The molecule has 0 aromatic heterocycles. The van der Waals surface area contributed by atoms with Gasteiger partial charge in [-0.1, -0.05) is 173 Å². The van der Waals surface area contributed by atoms with Gasteiger partial charge in [-0.2, -0.15) is 0 Å². The first kappa shape index (κ1) is 60.6. The van der Waals surface area contributed by atoms with Gasteiger partial charge in [0.25, 0.3) is 0 Å². The van der Waals surface area contributed by atoms with Gasteiger partial charge in [0.15, 0.2) is 12.6 Å². The van der Waals surface area contributed by atoms with E-state index in [-0.39, 0.29) is 25.6 Å². The van der Waals surface area contributed by atoms with Gasteiger partial charge in [0, 0.05) is 13.0 Å². The van der Waals surface area contributed by atoms with Gasteiger partial charge >= 0.3 is 5.97 Å². The van der Waals surface area contributed by atoms with Gasteiger partial charge in [0.05, 0.1) is 26.4 Å². The van der Waals surface area contributed by atoms with E-state index in [9.17, 15) is 40.5 Å². The smallest absolute Gasteiger partial charge is 0.306 e. The number of allylic oxidation sites excluding steroid dienone is 4. The molecule has 14 nitrogen and oxygen atoms in total. The molecule has 2 aliphatic heterocycles. The van der Waals surface area contributed by atoms with Crippen molar-refractivity contribution in [2.45, 2.75) is 268 Å². The normalized spacial score (nSPS) is 26.4. The Kier molecular flexibility index (Phi) is 36.9. The van der Waals surface area contributed by atoms with Crippen LogP contribution in [0.5, 0.6) is 0 Å². The SMILES string of the molecule is CCCCCC/C=C\C/C=C\CCCCCCCC(=O)OC(COCCCCCCCCCCCCCCCCCC)COC1OC(COC2OC(CO)C(O)C(O)C2O)C(O)C(O)C1O. The summed E-state index contributed by atoms with van der Waals surface area (Å²) in [6.07, 6.45) is 26.6. The van der Waals surface area contributed by atoms with Crippen LogP contribution in [0.1, 0.15) is 200 Å². The van der Waals surface area contributed by atoms with Gasteiger partial charge in [-0.25, -0.2) is 0 Å². The molecular weight excluding hydrogens is 849 g/mol. The van der Waals surface area contributed by atoms with Crippen LogP contribution in [0.2, 0.25) is 0 Å². The van der Waals surface area contributed by atoms with Gasteiger partial charge < -0.3 is 64.2 Å². The van der Waals surface area contributed by atoms with E-state index in [0.29, 0.717) is 13.0 Å². The molecule has 2 heterocycles. The molecule has 0 bridgehead atoms. The average molecular weight is 945 g/mol. The Labute approximate surface area is 398 Å². The lowest BCUT2D eigenvalue weighted by molar-refractivity contribution is -0.332. The van der Waals surface area contributed by atoms with E-state index in [0.717, 1.165) is 64.2 Å². The van der Waals surface area contributed by atoms with Crippen LogP contribution in [0, 0.1) is 0 Å². The van der Waals surface area contributed by atoms with E-state index in [2.05, 4.69) is 38.2 Å². The second-order valence-electron chi connectivity index (χ2n) is 18.7. The number of carbonyl (C=O) groups is 1. The van der Waals surface area contributed by atoms with E-state index in [1.165, 1.54) is 109 Å². The molecule has 0 aromatic rings. The van der Waals surface area contributed by atoms with E-state index in [1.807, 2.05) is 0 Å². The number of ether oxygens (including phenoxy) is 6. The van der Waals surface area contributed by atoms with E-state index in [1.54, 1.807) is 0 Å². The van der Waals surface area contributed by atoms with Gasteiger partial charge in [-0.3, -0.25) is 4.79 Å². The summed E-state index contributed by atoms with van der Waals surface area (Å²) in [5, 5.41) is 72.1. The molecule has 0 amide bonds. The minimum absolute atomic E-state index is 0.0599. The van der Waals surface area contributed by atoms with Crippen LogP contribution in [0.3, 0.4) is 0 Å². The summed E-state index contributed by atoms with van der Waals surface area (Å²) >= 11 is 0. The lowest BCUT2D eigenvalue weighted by atomic mass is 9.98. The van der Waals surface area contributed by atoms with Crippen molar-refractivity contribution >= 4 is 5.97 Å². The van der Waals surface area contributed by atoms with Crippen LogP contribution >= 0.6 is 0 Å². The molecule has 11 atom stereocenters.